The molecule has 1 unspecified atom stereocenters. The first-order valence-corrected chi connectivity index (χ1v) is 9.80. The summed E-state index contributed by atoms with van der Waals surface area (Å²) in [5.74, 6) is -0.0764. The maximum Gasteiger partial charge on any atom is 0.416 e. The van der Waals surface area contributed by atoms with E-state index in [1.165, 1.54) is 12.1 Å². The normalized spacial score (nSPS) is 16.5. The fourth-order valence-electron chi connectivity index (χ4n) is 3.35. The Balaban J connectivity index is 1.52. The number of anilines is 1. The Bertz CT molecular complexity index is 834. The van der Waals surface area contributed by atoms with Gasteiger partial charge in [0.1, 0.15) is 0 Å². The third-order valence-corrected chi connectivity index (χ3v) is 5.41. The van der Waals surface area contributed by atoms with Gasteiger partial charge in [-0.25, -0.2) is 0 Å². The van der Waals surface area contributed by atoms with Gasteiger partial charge in [-0.3, -0.25) is 9.69 Å². The number of carbonyl (C=O) groups is 1. The SMILES string of the molecule is CC(C(=O)NCc1ccc(Cl)cc1)N1CCN(c2cccc(C(F)(F)F)c2)CC1. The Morgan fingerprint density at radius 3 is 2.38 bits per heavy atom. The molecule has 2 aromatic rings. The summed E-state index contributed by atoms with van der Waals surface area (Å²) in [6, 6.07) is 12.3. The molecule has 0 aliphatic carbocycles. The molecular formula is C21H23ClF3N3O. The van der Waals surface area contributed by atoms with Crippen LogP contribution in [0.5, 0.6) is 0 Å². The van der Waals surface area contributed by atoms with Crippen molar-refractivity contribution in [3.63, 3.8) is 0 Å². The summed E-state index contributed by atoms with van der Waals surface area (Å²) in [7, 11) is 0. The third kappa shape index (κ3) is 5.64. The molecule has 1 heterocycles. The van der Waals surface area contributed by atoms with Gasteiger partial charge >= 0.3 is 6.18 Å². The highest BCUT2D eigenvalue weighted by atomic mass is 35.5. The molecule has 1 aliphatic heterocycles. The van der Waals surface area contributed by atoms with Crippen molar-refractivity contribution in [2.75, 3.05) is 31.1 Å². The van der Waals surface area contributed by atoms with Crippen LogP contribution in [0.4, 0.5) is 18.9 Å². The van der Waals surface area contributed by atoms with Crippen LogP contribution in [0, 0.1) is 0 Å². The lowest BCUT2D eigenvalue weighted by Gasteiger charge is -2.38. The first-order valence-electron chi connectivity index (χ1n) is 9.42. The van der Waals surface area contributed by atoms with E-state index in [1.807, 2.05) is 28.9 Å². The molecule has 1 aliphatic rings. The van der Waals surface area contributed by atoms with Crippen LogP contribution in [0.3, 0.4) is 0 Å². The van der Waals surface area contributed by atoms with Crippen LogP contribution in [0.15, 0.2) is 48.5 Å². The van der Waals surface area contributed by atoms with Gasteiger partial charge in [0, 0.05) is 43.4 Å². The number of halogens is 4. The summed E-state index contributed by atoms with van der Waals surface area (Å²) >= 11 is 5.86. The van der Waals surface area contributed by atoms with Crippen LogP contribution in [0.25, 0.3) is 0 Å². The number of amides is 1. The van der Waals surface area contributed by atoms with Crippen LogP contribution < -0.4 is 10.2 Å². The average Bonchev–Trinajstić information content (AvgIpc) is 2.72. The number of nitrogens with zero attached hydrogens (tertiary/aromatic N) is 2. The molecule has 1 fully saturated rings. The van der Waals surface area contributed by atoms with E-state index in [-0.39, 0.29) is 11.9 Å². The minimum absolute atomic E-state index is 0.0764. The predicted octanol–water partition coefficient (Wildman–Crippen LogP) is 4.19. The topological polar surface area (TPSA) is 35.6 Å². The molecule has 0 saturated carbocycles. The number of alkyl halides is 3. The minimum Gasteiger partial charge on any atom is -0.369 e. The Labute approximate surface area is 173 Å². The molecular weight excluding hydrogens is 403 g/mol. The highest BCUT2D eigenvalue weighted by Gasteiger charge is 2.31. The van der Waals surface area contributed by atoms with E-state index < -0.39 is 11.7 Å². The molecule has 1 atom stereocenters. The molecule has 29 heavy (non-hydrogen) atoms. The van der Waals surface area contributed by atoms with Crippen molar-refractivity contribution >= 4 is 23.2 Å². The van der Waals surface area contributed by atoms with Gasteiger partial charge in [0.25, 0.3) is 0 Å². The van der Waals surface area contributed by atoms with Gasteiger partial charge in [0.2, 0.25) is 5.91 Å². The lowest BCUT2D eigenvalue weighted by molar-refractivity contribution is -0.137. The van der Waals surface area contributed by atoms with E-state index in [1.54, 1.807) is 18.2 Å². The van der Waals surface area contributed by atoms with Crippen molar-refractivity contribution in [2.24, 2.45) is 0 Å². The summed E-state index contributed by atoms with van der Waals surface area (Å²) in [5, 5.41) is 3.57. The molecule has 3 rings (SSSR count). The molecule has 4 nitrogen and oxygen atoms in total. The Morgan fingerprint density at radius 2 is 1.76 bits per heavy atom. The molecule has 1 saturated heterocycles. The molecule has 156 valence electrons. The molecule has 0 aromatic heterocycles. The zero-order valence-electron chi connectivity index (χ0n) is 16.0. The Hall–Kier alpha value is -2.25. The lowest BCUT2D eigenvalue weighted by Crippen LogP contribution is -2.53. The summed E-state index contributed by atoms with van der Waals surface area (Å²) in [4.78, 5) is 16.4. The van der Waals surface area contributed by atoms with Gasteiger partial charge in [-0.2, -0.15) is 13.2 Å². The standard InChI is InChI=1S/C21H23ClF3N3O/c1-15(20(29)26-14-16-5-7-18(22)8-6-16)27-9-11-28(12-10-27)19-4-2-3-17(13-19)21(23,24)25/h2-8,13,15H,9-12,14H2,1H3,(H,26,29). The molecule has 0 bridgehead atoms. The number of rotatable bonds is 5. The zero-order chi connectivity index (χ0) is 21.0. The Kier molecular flexibility index (Phi) is 6.70. The number of carbonyl (C=O) groups excluding carboxylic acids is 1. The maximum absolute atomic E-state index is 12.9. The van der Waals surface area contributed by atoms with Gasteiger partial charge < -0.3 is 10.2 Å². The van der Waals surface area contributed by atoms with Gasteiger partial charge in [0.15, 0.2) is 0 Å². The van der Waals surface area contributed by atoms with Crippen molar-refractivity contribution in [3.05, 3.63) is 64.7 Å². The minimum atomic E-state index is -4.35. The van der Waals surface area contributed by atoms with E-state index in [2.05, 4.69) is 5.32 Å². The van der Waals surface area contributed by atoms with Gasteiger partial charge in [-0.05, 0) is 42.8 Å². The number of piperazine rings is 1. The summed E-state index contributed by atoms with van der Waals surface area (Å²) in [5.41, 5.74) is 0.871. The Morgan fingerprint density at radius 1 is 1.10 bits per heavy atom. The van der Waals surface area contributed by atoms with Crippen molar-refractivity contribution in [1.29, 1.82) is 0 Å². The fraction of sp³-hybridized carbons (Fsp3) is 0.381. The van der Waals surface area contributed by atoms with E-state index in [4.69, 9.17) is 11.6 Å². The van der Waals surface area contributed by atoms with Crippen LogP contribution in [-0.2, 0) is 17.5 Å². The maximum atomic E-state index is 12.9. The smallest absolute Gasteiger partial charge is 0.369 e. The van der Waals surface area contributed by atoms with Crippen molar-refractivity contribution in [1.82, 2.24) is 10.2 Å². The number of hydrogen-bond acceptors (Lipinski definition) is 3. The van der Waals surface area contributed by atoms with Crippen molar-refractivity contribution in [3.8, 4) is 0 Å². The second kappa shape index (κ2) is 9.05. The monoisotopic (exact) mass is 425 g/mol. The van der Waals surface area contributed by atoms with E-state index in [0.29, 0.717) is 43.4 Å². The third-order valence-electron chi connectivity index (χ3n) is 5.16. The van der Waals surface area contributed by atoms with Crippen LogP contribution in [0.1, 0.15) is 18.1 Å². The first kappa shape index (κ1) is 21.5. The van der Waals surface area contributed by atoms with Crippen LogP contribution >= 0.6 is 11.6 Å². The molecule has 0 radical (unpaired) electrons. The summed E-state index contributed by atoms with van der Waals surface area (Å²) < 4.78 is 38.8. The molecule has 2 aromatic carbocycles. The van der Waals surface area contributed by atoms with Crippen LogP contribution in [-0.4, -0.2) is 43.0 Å². The molecule has 1 amide bonds. The summed E-state index contributed by atoms with van der Waals surface area (Å²) in [6.07, 6.45) is -4.35. The lowest BCUT2D eigenvalue weighted by atomic mass is 10.1. The van der Waals surface area contributed by atoms with E-state index >= 15 is 0 Å². The number of benzene rings is 2. The van der Waals surface area contributed by atoms with Gasteiger partial charge in [-0.1, -0.05) is 29.8 Å². The largest absolute Gasteiger partial charge is 0.416 e. The average molecular weight is 426 g/mol. The van der Waals surface area contributed by atoms with Gasteiger partial charge in [-0.15, -0.1) is 0 Å². The van der Waals surface area contributed by atoms with Crippen molar-refractivity contribution in [2.45, 2.75) is 25.7 Å². The number of hydrogen-bond donors (Lipinski definition) is 1. The molecule has 8 heteroatoms. The second-order valence-corrected chi connectivity index (χ2v) is 7.53. The molecule has 1 N–H and O–H groups in total. The quantitative estimate of drug-likeness (QED) is 0.780. The van der Waals surface area contributed by atoms with E-state index in [0.717, 1.165) is 11.6 Å². The van der Waals surface area contributed by atoms with Gasteiger partial charge in [0.05, 0.1) is 11.6 Å². The summed E-state index contributed by atoms with van der Waals surface area (Å²) in [6.45, 7) is 4.60. The first-order chi connectivity index (χ1) is 13.7. The second-order valence-electron chi connectivity index (χ2n) is 7.09. The van der Waals surface area contributed by atoms with E-state index in [9.17, 15) is 18.0 Å². The highest BCUT2D eigenvalue weighted by Crippen LogP contribution is 2.32. The predicted molar refractivity (Wildman–Crippen MR) is 108 cm³/mol. The van der Waals surface area contributed by atoms with Crippen LogP contribution in [0.2, 0.25) is 5.02 Å². The fourth-order valence-corrected chi connectivity index (χ4v) is 3.48. The highest BCUT2D eigenvalue weighted by molar-refractivity contribution is 6.30. The molecule has 0 spiro atoms. The number of nitrogens with one attached hydrogen (secondary N) is 1. The van der Waals surface area contributed by atoms with Crippen molar-refractivity contribution < 1.29 is 18.0 Å². The zero-order valence-corrected chi connectivity index (χ0v) is 16.8.